The number of nitrogens with zero attached hydrogens (tertiary/aromatic N) is 1. The smallest absolute Gasteiger partial charge is 0.255 e. The highest BCUT2D eigenvalue weighted by molar-refractivity contribution is 7.98. The first-order chi connectivity index (χ1) is 9.27. The van der Waals surface area contributed by atoms with Crippen molar-refractivity contribution in [2.24, 2.45) is 0 Å². The first-order valence-electron chi connectivity index (χ1n) is 6.92. The van der Waals surface area contributed by atoms with E-state index in [2.05, 4.69) is 17.1 Å². The molecular weight excluding hydrogens is 292 g/mol. The Labute approximate surface area is 131 Å². The van der Waals surface area contributed by atoms with E-state index in [0.717, 1.165) is 42.9 Å². The van der Waals surface area contributed by atoms with Gasteiger partial charge in [-0.3, -0.25) is 4.79 Å². The molecule has 2 rings (SSSR count). The molecule has 112 valence electrons. The molecule has 1 amide bonds. The van der Waals surface area contributed by atoms with Gasteiger partial charge >= 0.3 is 0 Å². The zero-order valence-corrected chi connectivity index (χ0v) is 13.7. The predicted molar refractivity (Wildman–Crippen MR) is 88.1 cm³/mol. The Morgan fingerprint density at radius 3 is 2.80 bits per heavy atom. The van der Waals surface area contributed by atoms with Gasteiger partial charge in [0.2, 0.25) is 0 Å². The zero-order valence-electron chi connectivity index (χ0n) is 12.1. The highest BCUT2D eigenvalue weighted by atomic mass is 35.5. The largest absolute Gasteiger partial charge is 0.334 e. The molecule has 0 aliphatic carbocycles. The van der Waals surface area contributed by atoms with Gasteiger partial charge in [0.15, 0.2) is 0 Å². The number of hydrogen-bond acceptors (Lipinski definition) is 3. The summed E-state index contributed by atoms with van der Waals surface area (Å²) >= 11 is 1.64. The molecule has 3 nitrogen and oxygen atoms in total. The van der Waals surface area contributed by atoms with E-state index in [1.54, 1.807) is 11.8 Å². The number of carbonyl (C=O) groups excluding carboxylic acids is 1. The van der Waals surface area contributed by atoms with Crippen LogP contribution in [0, 0.1) is 0 Å². The minimum Gasteiger partial charge on any atom is -0.334 e. The number of carbonyl (C=O) groups is 1. The van der Waals surface area contributed by atoms with E-state index in [1.165, 1.54) is 0 Å². The molecule has 1 aromatic rings. The highest BCUT2D eigenvalue weighted by Gasteiger charge is 2.27. The van der Waals surface area contributed by atoms with Crippen molar-refractivity contribution in [1.29, 1.82) is 0 Å². The van der Waals surface area contributed by atoms with Gasteiger partial charge in [0, 0.05) is 24.0 Å². The van der Waals surface area contributed by atoms with Crippen LogP contribution >= 0.6 is 24.2 Å². The Bertz CT molecular complexity index is 436. The van der Waals surface area contributed by atoms with Crippen LogP contribution in [0.25, 0.3) is 0 Å². The lowest BCUT2D eigenvalue weighted by Gasteiger charge is -2.29. The highest BCUT2D eigenvalue weighted by Crippen LogP contribution is 2.23. The zero-order chi connectivity index (χ0) is 13.7. The van der Waals surface area contributed by atoms with E-state index in [4.69, 9.17) is 0 Å². The molecule has 1 saturated heterocycles. The van der Waals surface area contributed by atoms with Crippen molar-refractivity contribution in [3.63, 3.8) is 0 Å². The van der Waals surface area contributed by atoms with Gasteiger partial charge in [-0.15, -0.1) is 24.2 Å². The number of halogens is 1. The van der Waals surface area contributed by atoms with Crippen LogP contribution < -0.4 is 5.32 Å². The molecule has 1 aromatic carbocycles. The first kappa shape index (κ1) is 17.3. The first-order valence-corrected chi connectivity index (χ1v) is 8.15. The van der Waals surface area contributed by atoms with E-state index < -0.39 is 0 Å². The lowest BCUT2D eigenvalue weighted by molar-refractivity contribution is 0.0688. The molecule has 0 aromatic heterocycles. The summed E-state index contributed by atoms with van der Waals surface area (Å²) in [6.07, 6.45) is 4.09. The van der Waals surface area contributed by atoms with Gasteiger partial charge in [0.1, 0.15) is 0 Å². The van der Waals surface area contributed by atoms with Gasteiger partial charge < -0.3 is 10.2 Å². The Balaban J connectivity index is 0.00000200. The third-order valence-corrected chi connectivity index (χ3v) is 4.33. The summed E-state index contributed by atoms with van der Waals surface area (Å²) in [6, 6.07) is 8.25. The van der Waals surface area contributed by atoms with Crippen molar-refractivity contribution in [1.82, 2.24) is 10.2 Å². The normalized spacial score (nSPS) is 17.6. The van der Waals surface area contributed by atoms with Gasteiger partial charge in [-0.1, -0.05) is 19.1 Å². The molecule has 20 heavy (non-hydrogen) atoms. The van der Waals surface area contributed by atoms with E-state index >= 15 is 0 Å². The standard InChI is InChI=1S/C15H22N2OS.ClH/c1-3-10-17(12-8-9-16-11-12)15(18)13-6-4-5-7-14(13)19-2;/h4-7,12,16H,3,8-11H2,1-2H3;1H. The van der Waals surface area contributed by atoms with Crippen LogP contribution in [-0.2, 0) is 0 Å². The van der Waals surface area contributed by atoms with Crippen molar-refractivity contribution >= 4 is 30.1 Å². The monoisotopic (exact) mass is 314 g/mol. The number of benzene rings is 1. The summed E-state index contributed by atoms with van der Waals surface area (Å²) in [7, 11) is 0. The van der Waals surface area contributed by atoms with E-state index in [-0.39, 0.29) is 18.3 Å². The van der Waals surface area contributed by atoms with Crippen LogP contribution in [-0.4, -0.2) is 42.7 Å². The fourth-order valence-corrected chi connectivity index (χ4v) is 3.16. The van der Waals surface area contributed by atoms with E-state index in [0.29, 0.717) is 6.04 Å². The second-order valence-corrected chi connectivity index (χ2v) is 5.69. The van der Waals surface area contributed by atoms with Crippen molar-refractivity contribution < 1.29 is 4.79 Å². The number of thioether (sulfide) groups is 1. The second-order valence-electron chi connectivity index (χ2n) is 4.85. The van der Waals surface area contributed by atoms with Crippen LogP contribution in [0.2, 0.25) is 0 Å². The van der Waals surface area contributed by atoms with Gasteiger partial charge in [-0.05, 0) is 37.8 Å². The molecular formula is C15H23ClN2OS. The molecule has 1 atom stereocenters. The molecule has 1 N–H and O–H groups in total. The molecule has 1 aliphatic heterocycles. The molecule has 0 radical (unpaired) electrons. The van der Waals surface area contributed by atoms with E-state index in [9.17, 15) is 4.79 Å². The van der Waals surface area contributed by atoms with Crippen molar-refractivity contribution in [2.45, 2.75) is 30.7 Å². The maximum atomic E-state index is 12.8. The summed E-state index contributed by atoms with van der Waals surface area (Å²) in [4.78, 5) is 15.9. The third-order valence-electron chi connectivity index (χ3n) is 3.54. The van der Waals surface area contributed by atoms with Gasteiger partial charge in [-0.2, -0.15) is 0 Å². The molecule has 1 fully saturated rings. The van der Waals surface area contributed by atoms with Crippen LogP contribution in [0.15, 0.2) is 29.2 Å². The van der Waals surface area contributed by atoms with Crippen LogP contribution in [0.1, 0.15) is 30.1 Å². The third kappa shape index (κ3) is 3.90. The predicted octanol–water partition coefficient (Wildman–Crippen LogP) is 3.04. The maximum absolute atomic E-state index is 12.8. The molecule has 1 unspecified atom stereocenters. The van der Waals surface area contributed by atoms with Crippen LogP contribution in [0.3, 0.4) is 0 Å². The fourth-order valence-electron chi connectivity index (χ4n) is 2.57. The fraction of sp³-hybridized carbons (Fsp3) is 0.533. The van der Waals surface area contributed by atoms with Gasteiger partial charge in [0.25, 0.3) is 5.91 Å². The summed E-state index contributed by atoms with van der Waals surface area (Å²) in [5.41, 5.74) is 0.843. The lowest BCUT2D eigenvalue weighted by Crippen LogP contribution is -2.42. The molecule has 0 bridgehead atoms. The summed E-state index contributed by atoms with van der Waals surface area (Å²) in [5, 5.41) is 3.35. The molecule has 1 heterocycles. The number of rotatable bonds is 5. The number of amides is 1. The lowest BCUT2D eigenvalue weighted by atomic mass is 10.1. The van der Waals surface area contributed by atoms with Gasteiger partial charge in [-0.25, -0.2) is 0 Å². The minimum absolute atomic E-state index is 0. The average molecular weight is 315 g/mol. The van der Waals surface area contributed by atoms with E-state index in [1.807, 2.05) is 30.5 Å². The summed E-state index contributed by atoms with van der Waals surface area (Å²) in [5.74, 6) is 0.181. The second kappa shape index (κ2) is 8.55. The Morgan fingerprint density at radius 2 is 2.20 bits per heavy atom. The van der Waals surface area contributed by atoms with Crippen molar-refractivity contribution in [3.05, 3.63) is 29.8 Å². The minimum atomic E-state index is 0. The molecule has 1 aliphatic rings. The summed E-state index contributed by atoms with van der Waals surface area (Å²) in [6.45, 7) is 4.91. The SMILES string of the molecule is CCCN(C(=O)c1ccccc1SC)C1CCNC1.Cl. The van der Waals surface area contributed by atoms with Crippen molar-refractivity contribution in [3.8, 4) is 0 Å². The average Bonchev–Trinajstić information content (AvgIpc) is 2.98. The van der Waals surface area contributed by atoms with Crippen LogP contribution in [0.5, 0.6) is 0 Å². The Kier molecular flexibility index (Phi) is 7.41. The molecule has 0 saturated carbocycles. The molecule has 0 spiro atoms. The van der Waals surface area contributed by atoms with Crippen molar-refractivity contribution in [2.75, 3.05) is 25.9 Å². The number of nitrogens with one attached hydrogen (secondary N) is 1. The maximum Gasteiger partial charge on any atom is 0.255 e. The van der Waals surface area contributed by atoms with Gasteiger partial charge in [0.05, 0.1) is 5.56 Å². The Morgan fingerprint density at radius 1 is 1.45 bits per heavy atom. The quantitative estimate of drug-likeness (QED) is 0.848. The van der Waals surface area contributed by atoms with Crippen LogP contribution in [0.4, 0.5) is 0 Å². The topological polar surface area (TPSA) is 32.3 Å². The molecule has 5 heteroatoms. The Hall–Kier alpha value is -0.710. The summed E-state index contributed by atoms with van der Waals surface area (Å²) < 4.78 is 0. The number of hydrogen-bond donors (Lipinski definition) is 1.